The first-order valence-corrected chi connectivity index (χ1v) is 11.9. The Kier molecular flexibility index (Phi) is 6.22. The Morgan fingerprint density at radius 3 is 2.83 bits per heavy atom. The van der Waals surface area contributed by atoms with Gasteiger partial charge in [-0.25, -0.2) is 4.98 Å². The van der Waals surface area contributed by atoms with Crippen molar-refractivity contribution in [2.45, 2.75) is 64.8 Å². The lowest BCUT2D eigenvalue weighted by Crippen LogP contribution is -2.43. The molecule has 2 amide bonds. The van der Waals surface area contributed by atoms with E-state index in [9.17, 15) is 14.4 Å². The molecule has 2 saturated heterocycles. The number of hydrogen-bond acceptors (Lipinski definition) is 5. The molecule has 0 bridgehead atoms. The second-order valence-electron chi connectivity index (χ2n) is 8.35. The lowest BCUT2D eigenvalue weighted by atomic mass is 10.0. The van der Waals surface area contributed by atoms with E-state index in [1.807, 2.05) is 16.7 Å². The van der Waals surface area contributed by atoms with Gasteiger partial charge in [-0.2, -0.15) is 0 Å². The van der Waals surface area contributed by atoms with Crippen LogP contribution in [0.1, 0.15) is 61.9 Å². The van der Waals surface area contributed by atoms with Crippen LogP contribution in [0.3, 0.4) is 0 Å². The average molecular weight is 431 g/mol. The monoisotopic (exact) mass is 430 g/mol. The number of amides is 2. The van der Waals surface area contributed by atoms with Crippen molar-refractivity contribution >= 4 is 33.4 Å². The molecule has 2 aliphatic rings. The number of aryl methyl sites for hydroxylation is 2. The van der Waals surface area contributed by atoms with Gasteiger partial charge in [-0.05, 0) is 44.6 Å². The predicted molar refractivity (Wildman–Crippen MR) is 118 cm³/mol. The summed E-state index contributed by atoms with van der Waals surface area (Å²) in [6.07, 6.45) is 6.97. The highest BCUT2D eigenvalue weighted by Crippen LogP contribution is 2.28. The van der Waals surface area contributed by atoms with Crippen LogP contribution in [0.25, 0.3) is 10.2 Å². The van der Waals surface area contributed by atoms with Crippen LogP contribution in [0.15, 0.2) is 11.1 Å². The Hall–Kier alpha value is -2.22. The molecule has 0 radical (unpaired) electrons. The van der Waals surface area contributed by atoms with Crippen LogP contribution in [0, 0.1) is 6.92 Å². The largest absolute Gasteiger partial charge is 0.343 e. The number of likely N-dealkylation sites (tertiary alicyclic amines) is 2. The third-order valence-electron chi connectivity index (χ3n) is 6.42. The van der Waals surface area contributed by atoms with Crippen molar-refractivity contribution in [2.24, 2.45) is 0 Å². The van der Waals surface area contributed by atoms with Gasteiger partial charge in [0, 0.05) is 43.9 Å². The number of carbonyl (C=O) groups is 2. The number of thiophene rings is 1. The fourth-order valence-corrected chi connectivity index (χ4v) is 5.86. The summed E-state index contributed by atoms with van der Waals surface area (Å²) < 4.78 is 1.75. The molecule has 7 nitrogen and oxygen atoms in total. The second-order valence-corrected chi connectivity index (χ2v) is 9.55. The molecule has 2 aromatic rings. The zero-order valence-electron chi connectivity index (χ0n) is 17.9. The van der Waals surface area contributed by atoms with Crippen LogP contribution >= 0.6 is 11.3 Å². The molecule has 0 N–H and O–H groups in total. The molecular formula is C22H30N4O3S. The third-order valence-corrected chi connectivity index (χ3v) is 7.48. The average Bonchev–Trinajstić information content (AvgIpc) is 3.30. The van der Waals surface area contributed by atoms with Gasteiger partial charge in [0.15, 0.2) is 0 Å². The second kappa shape index (κ2) is 8.88. The number of carbonyl (C=O) groups excluding carboxylic acids is 2. The highest BCUT2D eigenvalue weighted by Gasteiger charge is 2.27. The van der Waals surface area contributed by atoms with Crippen molar-refractivity contribution in [3.05, 3.63) is 27.1 Å². The van der Waals surface area contributed by atoms with Gasteiger partial charge >= 0.3 is 0 Å². The SMILES string of the molecule is CCc1c(C)sc2ncn([C@@H]3CCCN(C(=O)CCCN4CCCC4=O)C3)c(=O)c12. The molecule has 30 heavy (non-hydrogen) atoms. The van der Waals surface area contributed by atoms with Crippen LogP contribution in [0.4, 0.5) is 0 Å². The Balaban J connectivity index is 1.43. The first kappa shape index (κ1) is 21.0. The van der Waals surface area contributed by atoms with E-state index in [0.29, 0.717) is 32.4 Å². The predicted octanol–water partition coefficient (Wildman–Crippen LogP) is 2.89. The summed E-state index contributed by atoms with van der Waals surface area (Å²) in [6, 6.07) is -0.0304. The molecule has 0 spiro atoms. The zero-order chi connectivity index (χ0) is 21.3. The first-order chi connectivity index (χ1) is 14.5. The van der Waals surface area contributed by atoms with Gasteiger partial charge in [0.2, 0.25) is 11.8 Å². The van der Waals surface area contributed by atoms with E-state index in [4.69, 9.17) is 0 Å². The summed E-state index contributed by atoms with van der Waals surface area (Å²) in [7, 11) is 0. The van der Waals surface area contributed by atoms with Crippen molar-refractivity contribution in [3.8, 4) is 0 Å². The number of rotatable bonds is 6. The summed E-state index contributed by atoms with van der Waals surface area (Å²) in [5.74, 6) is 0.326. The first-order valence-electron chi connectivity index (χ1n) is 11.0. The molecule has 0 aliphatic carbocycles. The fraction of sp³-hybridized carbons (Fsp3) is 0.636. The number of aromatic nitrogens is 2. The van der Waals surface area contributed by atoms with Crippen molar-refractivity contribution in [2.75, 3.05) is 26.2 Å². The Labute approximate surface area is 180 Å². The van der Waals surface area contributed by atoms with E-state index in [1.165, 1.54) is 0 Å². The van der Waals surface area contributed by atoms with Gasteiger partial charge in [-0.15, -0.1) is 11.3 Å². The molecule has 0 saturated carbocycles. The van der Waals surface area contributed by atoms with E-state index < -0.39 is 0 Å². The molecule has 8 heteroatoms. The maximum Gasteiger partial charge on any atom is 0.262 e. The molecule has 2 aliphatic heterocycles. The molecule has 162 valence electrons. The molecule has 2 aromatic heterocycles. The molecule has 4 heterocycles. The third kappa shape index (κ3) is 4.02. The van der Waals surface area contributed by atoms with Crippen LogP contribution in [-0.4, -0.2) is 57.3 Å². The minimum absolute atomic E-state index is 0.0213. The van der Waals surface area contributed by atoms with E-state index in [2.05, 4.69) is 11.9 Å². The maximum absolute atomic E-state index is 13.2. The fourth-order valence-electron chi connectivity index (χ4n) is 4.78. The highest BCUT2D eigenvalue weighted by molar-refractivity contribution is 7.18. The highest BCUT2D eigenvalue weighted by atomic mass is 32.1. The van der Waals surface area contributed by atoms with E-state index in [0.717, 1.165) is 59.4 Å². The van der Waals surface area contributed by atoms with Gasteiger partial charge in [0.05, 0.1) is 17.8 Å². The Bertz CT molecular complexity index is 1010. The van der Waals surface area contributed by atoms with Gasteiger partial charge in [0.1, 0.15) is 4.83 Å². The van der Waals surface area contributed by atoms with E-state index in [-0.39, 0.29) is 23.4 Å². The van der Waals surface area contributed by atoms with Crippen LogP contribution < -0.4 is 5.56 Å². The standard InChI is InChI=1S/C22H30N4O3S/c1-3-17-15(2)30-21-20(17)22(29)26(14-23-21)16-7-4-12-25(13-16)19(28)9-6-11-24-10-5-8-18(24)27/h14,16H,3-13H2,1-2H3/t16-/m1/s1. The number of hydrogen-bond donors (Lipinski definition) is 0. The topological polar surface area (TPSA) is 75.5 Å². The molecule has 0 unspecified atom stereocenters. The Morgan fingerprint density at radius 2 is 2.10 bits per heavy atom. The molecule has 1 atom stereocenters. The lowest BCUT2D eigenvalue weighted by Gasteiger charge is -2.33. The van der Waals surface area contributed by atoms with Crippen molar-refractivity contribution in [1.29, 1.82) is 0 Å². The van der Waals surface area contributed by atoms with Crippen molar-refractivity contribution in [1.82, 2.24) is 19.4 Å². The Morgan fingerprint density at radius 1 is 1.27 bits per heavy atom. The molecular weight excluding hydrogens is 400 g/mol. The van der Waals surface area contributed by atoms with Crippen LogP contribution in [0.5, 0.6) is 0 Å². The van der Waals surface area contributed by atoms with Crippen molar-refractivity contribution in [3.63, 3.8) is 0 Å². The van der Waals surface area contributed by atoms with Gasteiger partial charge in [-0.1, -0.05) is 6.92 Å². The zero-order valence-corrected chi connectivity index (χ0v) is 18.7. The van der Waals surface area contributed by atoms with Crippen LogP contribution in [-0.2, 0) is 16.0 Å². The molecule has 4 rings (SSSR count). The van der Waals surface area contributed by atoms with Gasteiger partial charge in [0.25, 0.3) is 5.56 Å². The maximum atomic E-state index is 13.2. The molecule has 0 aromatic carbocycles. The lowest BCUT2D eigenvalue weighted by molar-refractivity contribution is -0.134. The van der Waals surface area contributed by atoms with Gasteiger partial charge < -0.3 is 9.80 Å². The summed E-state index contributed by atoms with van der Waals surface area (Å²) in [5.41, 5.74) is 1.12. The van der Waals surface area contributed by atoms with Gasteiger partial charge in [-0.3, -0.25) is 19.0 Å². The van der Waals surface area contributed by atoms with E-state index in [1.54, 1.807) is 22.2 Å². The summed E-state index contributed by atoms with van der Waals surface area (Å²) in [6.45, 7) is 6.89. The minimum Gasteiger partial charge on any atom is -0.343 e. The molecule has 2 fully saturated rings. The number of nitrogens with zero attached hydrogens (tertiary/aromatic N) is 4. The van der Waals surface area contributed by atoms with Crippen molar-refractivity contribution < 1.29 is 9.59 Å². The summed E-state index contributed by atoms with van der Waals surface area (Å²) in [4.78, 5) is 48.0. The minimum atomic E-state index is -0.0304. The number of piperidine rings is 1. The quantitative estimate of drug-likeness (QED) is 0.706. The number of fused-ring (bicyclic) bond motifs is 1. The van der Waals surface area contributed by atoms with E-state index >= 15 is 0 Å². The van der Waals surface area contributed by atoms with Crippen LogP contribution in [0.2, 0.25) is 0 Å². The normalized spacial score (nSPS) is 19.8. The summed E-state index contributed by atoms with van der Waals surface area (Å²) >= 11 is 1.58. The summed E-state index contributed by atoms with van der Waals surface area (Å²) in [5, 5.41) is 0.751. The smallest absolute Gasteiger partial charge is 0.262 e.